The van der Waals surface area contributed by atoms with E-state index >= 15 is 0 Å². The van der Waals surface area contributed by atoms with E-state index in [0.717, 1.165) is 9.21 Å². The van der Waals surface area contributed by atoms with E-state index in [4.69, 9.17) is 16.3 Å². The number of sulfonamides is 1. The molecule has 2 N–H and O–H groups in total. The molecule has 1 atom stereocenters. The van der Waals surface area contributed by atoms with Crippen LogP contribution in [-0.4, -0.2) is 63.2 Å². The van der Waals surface area contributed by atoms with Crippen LogP contribution in [0.25, 0.3) is 0 Å². The van der Waals surface area contributed by atoms with Gasteiger partial charge in [-0.05, 0) is 42.8 Å². The summed E-state index contributed by atoms with van der Waals surface area (Å²) in [6.07, 6.45) is 0. The van der Waals surface area contributed by atoms with E-state index in [0.29, 0.717) is 11.3 Å². The van der Waals surface area contributed by atoms with Crippen molar-refractivity contribution in [2.75, 3.05) is 33.1 Å². The Morgan fingerprint density at radius 3 is 2.39 bits per heavy atom. The van der Waals surface area contributed by atoms with Gasteiger partial charge in [-0.2, -0.15) is 0 Å². The Labute approximate surface area is 196 Å². The lowest BCUT2D eigenvalue weighted by Gasteiger charge is -2.22. The van der Waals surface area contributed by atoms with Crippen molar-refractivity contribution in [2.24, 2.45) is 0 Å². The number of imide groups is 1. The predicted octanol–water partition coefficient (Wildman–Crippen LogP) is 2.00. The van der Waals surface area contributed by atoms with E-state index in [1.165, 1.54) is 39.4 Å². The highest BCUT2D eigenvalue weighted by Gasteiger charge is 2.49. The number of hydrogen-bond acceptors (Lipinski definition) is 6. The van der Waals surface area contributed by atoms with Gasteiger partial charge in [0.1, 0.15) is 17.8 Å². The molecule has 1 aliphatic heterocycles. The van der Waals surface area contributed by atoms with Crippen LogP contribution in [0.5, 0.6) is 5.75 Å². The first kappa shape index (κ1) is 24.5. The van der Waals surface area contributed by atoms with Crippen LogP contribution in [0.2, 0.25) is 5.02 Å². The SMILES string of the molecule is COc1ccc(C2(C)NC(=O)N(CC(=O)Nc3cc(S(=O)(=O)N(C)C)ccc3Cl)C2=O)cc1. The summed E-state index contributed by atoms with van der Waals surface area (Å²) in [5, 5.41) is 5.18. The number of urea groups is 1. The summed E-state index contributed by atoms with van der Waals surface area (Å²) in [6, 6.07) is 9.74. The Bertz CT molecular complexity index is 1220. The summed E-state index contributed by atoms with van der Waals surface area (Å²) in [6.45, 7) is 0.955. The Morgan fingerprint density at radius 1 is 1.18 bits per heavy atom. The van der Waals surface area contributed by atoms with Gasteiger partial charge in [-0.15, -0.1) is 0 Å². The molecule has 1 fully saturated rings. The van der Waals surface area contributed by atoms with Crippen molar-refractivity contribution in [3.05, 3.63) is 53.1 Å². The van der Waals surface area contributed by atoms with Gasteiger partial charge in [-0.25, -0.2) is 17.5 Å². The van der Waals surface area contributed by atoms with Gasteiger partial charge >= 0.3 is 6.03 Å². The lowest BCUT2D eigenvalue weighted by molar-refractivity contribution is -0.133. The van der Waals surface area contributed by atoms with Crippen LogP contribution in [0.15, 0.2) is 47.4 Å². The van der Waals surface area contributed by atoms with Gasteiger partial charge in [-0.3, -0.25) is 14.5 Å². The maximum absolute atomic E-state index is 13.0. The number of carbonyl (C=O) groups is 3. The van der Waals surface area contributed by atoms with Gasteiger partial charge in [0.05, 0.1) is 22.7 Å². The molecule has 4 amide bonds. The van der Waals surface area contributed by atoms with Gasteiger partial charge in [0.2, 0.25) is 15.9 Å². The number of halogens is 1. The number of methoxy groups -OCH3 is 1. The number of benzene rings is 2. The van der Waals surface area contributed by atoms with Gasteiger partial charge < -0.3 is 15.4 Å². The molecule has 2 aromatic carbocycles. The minimum absolute atomic E-state index is 0.0366. The Morgan fingerprint density at radius 2 is 1.82 bits per heavy atom. The molecule has 1 unspecified atom stereocenters. The number of carbonyl (C=O) groups excluding carboxylic acids is 3. The number of amides is 4. The summed E-state index contributed by atoms with van der Waals surface area (Å²) in [4.78, 5) is 38.8. The highest BCUT2D eigenvalue weighted by atomic mass is 35.5. The smallest absolute Gasteiger partial charge is 0.325 e. The second kappa shape index (κ2) is 9.00. The maximum Gasteiger partial charge on any atom is 0.325 e. The van der Waals surface area contributed by atoms with Crippen molar-refractivity contribution in [3.63, 3.8) is 0 Å². The van der Waals surface area contributed by atoms with Crippen molar-refractivity contribution in [3.8, 4) is 5.75 Å². The Balaban J connectivity index is 1.78. The lowest BCUT2D eigenvalue weighted by Crippen LogP contribution is -2.42. The number of nitrogens with zero attached hydrogens (tertiary/aromatic N) is 2. The Hall–Kier alpha value is -3.15. The van der Waals surface area contributed by atoms with Crippen LogP contribution in [0, 0.1) is 0 Å². The van der Waals surface area contributed by atoms with Crippen molar-refractivity contribution < 1.29 is 27.5 Å². The first-order chi connectivity index (χ1) is 15.4. The minimum atomic E-state index is -3.76. The summed E-state index contributed by atoms with van der Waals surface area (Å²) in [5.41, 5.74) is -0.801. The van der Waals surface area contributed by atoms with E-state index in [1.807, 2.05) is 0 Å². The van der Waals surface area contributed by atoms with Crippen molar-refractivity contribution in [1.82, 2.24) is 14.5 Å². The fourth-order valence-electron chi connectivity index (χ4n) is 3.27. The topological polar surface area (TPSA) is 125 Å². The average Bonchev–Trinajstić information content (AvgIpc) is 2.99. The molecule has 0 spiro atoms. The monoisotopic (exact) mass is 494 g/mol. The fraction of sp³-hybridized carbons (Fsp3) is 0.286. The van der Waals surface area contributed by atoms with Gasteiger partial charge in [-0.1, -0.05) is 23.7 Å². The van der Waals surface area contributed by atoms with Crippen LogP contribution < -0.4 is 15.4 Å². The molecule has 0 radical (unpaired) electrons. The third-order valence-corrected chi connectivity index (χ3v) is 7.38. The molecule has 0 saturated carbocycles. The molecule has 10 nitrogen and oxygen atoms in total. The molecule has 0 aromatic heterocycles. The molecule has 176 valence electrons. The van der Waals surface area contributed by atoms with Gasteiger partial charge in [0.25, 0.3) is 5.91 Å². The molecule has 0 bridgehead atoms. The van der Waals surface area contributed by atoms with Crippen LogP contribution in [-0.2, 0) is 25.2 Å². The number of ether oxygens (including phenoxy) is 1. The second-order valence-corrected chi connectivity index (χ2v) is 10.2. The van der Waals surface area contributed by atoms with Crippen molar-refractivity contribution in [2.45, 2.75) is 17.4 Å². The van der Waals surface area contributed by atoms with Crippen molar-refractivity contribution in [1.29, 1.82) is 0 Å². The first-order valence-corrected chi connectivity index (χ1v) is 11.5. The van der Waals surface area contributed by atoms with Gasteiger partial charge in [0.15, 0.2) is 0 Å². The van der Waals surface area contributed by atoms with Crippen LogP contribution in [0.3, 0.4) is 0 Å². The quantitative estimate of drug-likeness (QED) is 0.567. The molecular weight excluding hydrogens is 472 g/mol. The molecule has 1 saturated heterocycles. The summed E-state index contributed by atoms with van der Waals surface area (Å²) in [7, 11) is 0.503. The molecule has 1 heterocycles. The van der Waals surface area contributed by atoms with E-state index in [2.05, 4.69) is 10.6 Å². The molecule has 1 aliphatic rings. The predicted molar refractivity (Wildman–Crippen MR) is 122 cm³/mol. The Kier molecular flexibility index (Phi) is 6.68. The maximum atomic E-state index is 13.0. The third-order valence-electron chi connectivity index (χ3n) is 5.23. The first-order valence-electron chi connectivity index (χ1n) is 9.70. The van der Waals surface area contributed by atoms with E-state index in [1.54, 1.807) is 31.2 Å². The zero-order chi connectivity index (χ0) is 24.6. The van der Waals surface area contributed by atoms with E-state index < -0.39 is 40.0 Å². The van der Waals surface area contributed by atoms with Crippen LogP contribution in [0.1, 0.15) is 12.5 Å². The standard InChI is InChI=1S/C21H23ClN4O6S/c1-21(13-5-7-14(32-4)8-6-13)19(28)26(20(29)24-21)12-18(27)23-17-11-15(9-10-16(17)22)33(30,31)25(2)3/h5-11H,12H2,1-4H3,(H,23,27)(H,24,29). The fourth-order valence-corrected chi connectivity index (χ4v) is 4.36. The number of hydrogen-bond donors (Lipinski definition) is 2. The van der Waals surface area contributed by atoms with E-state index in [9.17, 15) is 22.8 Å². The molecule has 3 rings (SSSR count). The second-order valence-electron chi connectivity index (χ2n) is 7.65. The molecule has 12 heteroatoms. The number of nitrogens with one attached hydrogen (secondary N) is 2. The molecule has 2 aromatic rings. The number of rotatable bonds is 7. The largest absolute Gasteiger partial charge is 0.497 e. The summed E-state index contributed by atoms with van der Waals surface area (Å²) >= 11 is 6.10. The lowest BCUT2D eigenvalue weighted by atomic mass is 9.92. The third kappa shape index (κ3) is 4.65. The molecule has 0 aliphatic carbocycles. The molecular formula is C21H23ClN4O6S. The zero-order valence-electron chi connectivity index (χ0n) is 18.4. The van der Waals surface area contributed by atoms with E-state index in [-0.39, 0.29) is 15.6 Å². The van der Waals surface area contributed by atoms with Crippen molar-refractivity contribution >= 4 is 45.2 Å². The summed E-state index contributed by atoms with van der Waals surface area (Å²) < 4.78 is 30.8. The average molecular weight is 495 g/mol. The van der Waals surface area contributed by atoms with Crippen LogP contribution >= 0.6 is 11.6 Å². The summed E-state index contributed by atoms with van der Waals surface area (Å²) in [5.74, 6) is -0.743. The highest BCUT2D eigenvalue weighted by Crippen LogP contribution is 2.30. The zero-order valence-corrected chi connectivity index (χ0v) is 20.0. The normalized spacial score (nSPS) is 18.4. The van der Waals surface area contributed by atoms with Gasteiger partial charge in [0, 0.05) is 14.1 Å². The highest BCUT2D eigenvalue weighted by molar-refractivity contribution is 7.89. The molecule has 33 heavy (non-hydrogen) atoms. The number of anilines is 1. The van der Waals surface area contributed by atoms with Crippen LogP contribution in [0.4, 0.5) is 10.5 Å². The minimum Gasteiger partial charge on any atom is -0.497 e.